The number of ether oxygens (including phenoxy) is 2. The fourth-order valence-corrected chi connectivity index (χ4v) is 4.87. The van der Waals surface area contributed by atoms with Crippen LogP contribution in [0.5, 0.6) is 0 Å². The minimum atomic E-state index is -0.810. The smallest absolute Gasteiger partial charge is 0.410 e. The number of nitrogens with one attached hydrogen (secondary N) is 1. The first kappa shape index (κ1) is 29.6. The first-order valence-corrected chi connectivity index (χ1v) is 13.8. The molecule has 0 spiro atoms. The van der Waals surface area contributed by atoms with Gasteiger partial charge in [0.2, 0.25) is 5.91 Å². The van der Waals surface area contributed by atoms with Gasteiger partial charge in [0, 0.05) is 37.7 Å². The summed E-state index contributed by atoms with van der Waals surface area (Å²) in [7, 11) is 0. The van der Waals surface area contributed by atoms with E-state index in [1.165, 1.54) is 11.6 Å². The highest BCUT2D eigenvalue weighted by Gasteiger charge is 2.38. The molecule has 0 unspecified atom stereocenters. The second-order valence-electron chi connectivity index (χ2n) is 11.2. The maximum absolute atomic E-state index is 14.3. The van der Waals surface area contributed by atoms with Gasteiger partial charge in [0.15, 0.2) is 11.3 Å². The number of pyridine rings is 1. The van der Waals surface area contributed by atoms with Gasteiger partial charge in [0.1, 0.15) is 17.2 Å². The van der Waals surface area contributed by atoms with Gasteiger partial charge in [-0.05, 0) is 69.2 Å². The van der Waals surface area contributed by atoms with E-state index in [1.54, 1.807) is 62.9 Å². The molecule has 0 bridgehead atoms. The molecule has 1 aliphatic rings. The fourth-order valence-electron chi connectivity index (χ4n) is 4.87. The number of benzene rings is 2. The Hall–Kier alpha value is -4.87. The highest BCUT2D eigenvalue weighted by molar-refractivity contribution is 6.01. The Morgan fingerprint density at radius 2 is 1.67 bits per heavy atom. The van der Waals surface area contributed by atoms with Crippen LogP contribution in [0.4, 0.5) is 19.3 Å². The van der Waals surface area contributed by atoms with Crippen molar-refractivity contribution in [2.45, 2.75) is 46.1 Å². The van der Waals surface area contributed by atoms with E-state index in [1.807, 2.05) is 0 Å². The molecule has 0 radical (unpaired) electrons. The molecule has 3 heterocycles. The number of nitrogens with zero attached hydrogens (tertiary/aromatic N) is 4. The van der Waals surface area contributed by atoms with E-state index in [0.717, 1.165) is 18.2 Å². The van der Waals surface area contributed by atoms with Crippen molar-refractivity contribution >= 4 is 34.7 Å². The van der Waals surface area contributed by atoms with Crippen LogP contribution in [0.3, 0.4) is 0 Å². The van der Waals surface area contributed by atoms with E-state index < -0.39 is 29.3 Å². The third-order valence-electron chi connectivity index (χ3n) is 6.68. The van der Waals surface area contributed by atoms with E-state index >= 15 is 0 Å². The quantitative estimate of drug-likeness (QED) is 0.280. The summed E-state index contributed by atoms with van der Waals surface area (Å²) in [5.41, 5.74) is 1.90. The lowest BCUT2D eigenvalue weighted by Crippen LogP contribution is -2.50. The predicted octanol–water partition coefficient (Wildman–Crippen LogP) is 5.84. The molecule has 1 aliphatic heterocycles. The summed E-state index contributed by atoms with van der Waals surface area (Å²) in [6, 6.07) is 11.5. The van der Waals surface area contributed by atoms with Crippen LogP contribution in [-0.4, -0.2) is 62.9 Å². The number of aromatic nitrogens is 3. The van der Waals surface area contributed by atoms with Gasteiger partial charge in [-0.25, -0.2) is 28.0 Å². The van der Waals surface area contributed by atoms with E-state index in [0.29, 0.717) is 41.0 Å². The van der Waals surface area contributed by atoms with Crippen molar-refractivity contribution in [3.8, 4) is 16.8 Å². The molecule has 2 aromatic carbocycles. The van der Waals surface area contributed by atoms with Crippen molar-refractivity contribution in [2.75, 3.05) is 25.0 Å². The lowest BCUT2D eigenvalue weighted by Gasteiger charge is -2.39. The van der Waals surface area contributed by atoms with Crippen LogP contribution in [0.25, 0.3) is 27.8 Å². The molecule has 4 aromatic rings. The number of fused-ring (bicyclic) bond motifs is 1. The Labute approximate surface area is 246 Å². The van der Waals surface area contributed by atoms with Crippen molar-refractivity contribution in [1.82, 2.24) is 19.7 Å². The summed E-state index contributed by atoms with van der Waals surface area (Å²) in [4.78, 5) is 43.2. The molecule has 0 aliphatic carbocycles. The lowest BCUT2D eigenvalue weighted by molar-refractivity contribution is -0.114. The van der Waals surface area contributed by atoms with Crippen LogP contribution >= 0.6 is 0 Å². The fraction of sp³-hybridized carbons (Fsp3) is 0.323. The minimum Gasteiger partial charge on any atom is -0.461 e. The second-order valence-corrected chi connectivity index (χ2v) is 11.2. The number of anilines is 1. The van der Waals surface area contributed by atoms with Crippen LogP contribution in [0.2, 0.25) is 0 Å². The standard InChI is InChI=1S/C31H31F2N5O5/c1-6-42-29(40)25-14-24(18-7-9-22(10-8-18)34-17(2)39)26-27(19-15-37(16-19)30(41)43-31(3,4)5)36-38(28(26)35-25)23-12-20(32)11-21(33)13-23/h7-14,19H,6,15-16H2,1-5H3,(H,34,39). The molecule has 43 heavy (non-hydrogen) atoms. The second kappa shape index (κ2) is 11.4. The Balaban J connectivity index is 1.70. The number of esters is 1. The van der Waals surface area contributed by atoms with Crippen molar-refractivity contribution in [1.29, 1.82) is 0 Å². The summed E-state index contributed by atoms with van der Waals surface area (Å²) >= 11 is 0. The molecule has 12 heteroatoms. The van der Waals surface area contributed by atoms with Gasteiger partial charge in [0.05, 0.1) is 23.4 Å². The third-order valence-corrected chi connectivity index (χ3v) is 6.68. The Morgan fingerprint density at radius 1 is 1.02 bits per heavy atom. The number of rotatable bonds is 6. The largest absolute Gasteiger partial charge is 0.461 e. The van der Waals surface area contributed by atoms with Crippen LogP contribution in [-0.2, 0) is 14.3 Å². The average molecular weight is 592 g/mol. The molecule has 2 amide bonds. The topological polar surface area (TPSA) is 116 Å². The van der Waals surface area contributed by atoms with Gasteiger partial charge >= 0.3 is 12.1 Å². The van der Waals surface area contributed by atoms with Crippen LogP contribution < -0.4 is 5.32 Å². The van der Waals surface area contributed by atoms with Gasteiger partial charge in [-0.1, -0.05) is 12.1 Å². The number of likely N-dealkylation sites (tertiary alicyclic amines) is 1. The average Bonchev–Trinajstić information content (AvgIpc) is 3.25. The molecule has 224 valence electrons. The molecule has 1 N–H and O–H groups in total. The zero-order chi connectivity index (χ0) is 31.1. The van der Waals surface area contributed by atoms with Gasteiger partial charge in [0.25, 0.3) is 0 Å². The zero-order valence-corrected chi connectivity index (χ0v) is 24.4. The molecule has 10 nitrogen and oxygen atoms in total. The van der Waals surface area contributed by atoms with Gasteiger partial charge in [-0.3, -0.25) is 4.79 Å². The summed E-state index contributed by atoms with van der Waals surface area (Å²) < 4.78 is 40.7. The maximum Gasteiger partial charge on any atom is 0.410 e. The Bertz CT molecular complexity index is 1700. The zero-order valence-electron chi connectivity index (χ0n) is 24.4. The summed E-state index contributed by atoms with van der Waals surface area (Å²) in [5.74, 6) is -2.79. The SMILES string of the molecule is CCOC(=O)c1cc(-c2ccc(NC(C)=O)cc2)c2c(C3CN(C(=O)OC(C)(C)C)C3)nn(-c3cc(F)cc(F)c3)c2n1. The van der Waals surface area contributed by atoms with E-state index in [-0.39, 0.29) is 35.5 Å². The van der Waals surface area contributed by atoms with Gasteiger partial charge in [-0.15, -0.1) is 0 Å². The highest BCUT2D eigenvalue weighted by atomic mass is 19.1. The summed E-state index contributed by atoms with van der Waals surface area (Å²) in [5, 5.41) is 8.02. The summed E-state index contributed by atoms with van der Waals surface area (Å²) in [6.07, 6.45) is -0.462. The number of hydrogen-bond acceptors (Lipinski definition) is 7. The molecular weight excluding hydrogens is 560 g/mol. The maximum atomic E-state index is 14.3. The number of hydrogen-bond donors (Lipinski definition) is 1. The lowest BCUT2D eigenvalue weighted by atomic mass is 9.91. The number of halogens is 2. The monoisotopic (exact) mass is 591 g/mol. The van der Waals surface area contributed by atoms with Crippen molar-refractivity contribution < 1.29 is 32.6 Å². The number of carbonyl (C=O) groups is 3. The van der Waals surface area contributed by atoms with E-state index in [4.69, 9.17) is 14.6 Å². The first-order valence-electron chi connectivity index (χ1n) is 13.8. The number of amides is 2. The van der Waals surface area contributed by atoms with E-state index in [9.17, 15) is 23.2 Å². The first-order chi connectivity index (χ1) is 20.3. The van der Waals surface area contributed by atoms with Crippen molar-refractivity contribution in [2.24, 2.45) is 0 Å². The van der Waals surface area contributed by atoms with Crippen molar-refractivity contribution in [3.63, 3.8) is 0 Å². The van der Waals surface area contributed by atoms with Crippen LogP contribution in [0, 0.1) is 11.6 Å². The molecule has 5 rings (SSSR count). The Kier molecular flexibility index (Phi) is 7.87. The molecule has 1 saturated heterocycles. The molecule has 0 atom stereocenters. The molecule has 1 fully saturated rings. The van der Waals surface area contributed by atoms with Gasteiger partial charge in [-0.2, -0.15) is 5.10 Å². The molecular formula is C31H31F2N5O5. The van der Waals surface area contributed by atoms with Crippen molar-refractivity contribution in [3.05, 3.63) is 71.6 Å². The van der Waals surface area contributed by atoms with E-state index in [2.05, 4.69) is 10.3 Å². The Morgan fingerprint density at radius 3 is 2.26 bits per heavy atom. The minimum absolute atomic E-state index is 0.0242. The van der Waals surface area contributed by atoms with Gasteiger partial charge < -0.3 is 19.7 Å². The number of carbonyl (C=O) groups excluding carboxylic acids is 3. The van der Waals surface area contributed by atoms with Crippen LogP contribution in [0.15, 0.2) is 48.5 Å². The highest BCUT2D eigenvalue weighted by Crippen LogP contribution is 2.39. The third kappa shape index (κ3) is 6.32. The summed E-state index contributed by atoms with van der Waals surface area (Å²) in [6.45, 7) is 9.12. The normalized spacial score (nSPS) is 13.5. The van der Waals surface area contributed by atoms with Crippen LogP contribution in [0.1, 0.15) is 56.7 Å². The molecule has 0 saturated carbocycles. The molecule has 2 aromatic heterocycles. The predicted molar refractivity (Wildman–Crippen MR) is 155 cm³/mol.